The Morgan fingerprint density at radius 1 is 0.680 bits per heavy atom. The Morgan fingerprint density at radius 3 is 1.48 bits per heavy atom. The van der Waals surface area contributed by atoms with E-state index in [9.17, 15) is 79.4 Å². The van der Waals surface area contributed by atoms with Gasteiger partial charge in [-0.15, -0.1) is 0 Å². The number of hydrogen-bond acceptors (Lipinski definition) is 6. The average molecular weight is 772 g/mol. The first-order chi connectivity index (χ1) is 22.4. The maximum absolute atomic E-state index is 14.2. The zero-order chi connectivity index (χ0) is 39.5. The molecule has 0 radical (unpaired) electrons. The number of alkyl halides is 17. The molecule has 0 saturated carbocycles. The van der Waals surface area contributed by atoms with Crippen LogP contribution < -0.4 is 19.5 Å². The van der Waals surface area contributed by atoms with Crippen LogP contribution in [0.1, 0.15) is 38.7 Å². The lowest BCUT2D eigenvalue weighted by atomic mass is 9.88. The van der Waals surface area contributed by atoms with E-state index in [0.717, 1.165) is 33.5 Å². The van der Waals surface area contributed by atoms with Gasteiger partial charge in [-0.3, -0.25) is 10.1 Å². The molecule has 0 aromatic heterocycles. The van der Waals surface area contributed by atoms with Crippen LogP contribution in [0.4, 0.5) is 74.6 Å². The van der Waals surface area contributed by atoms with Crippen molar-refractivity contribution >= 4 is 5.97 Å². The summed E-state index contributed by atoms with van der Waals surface area (Å²) < 4.78 is 249. The molecule has 0 aliphatic rings. The lowest BCUT2D eigenvalue weighted by molar-refractivity contribution is -0.461. The van der Waals surface area contributed by atoms with Gasteiger partial charge in [0.05, 0.1) is 33.5 Å². The van der Waals surface area contributed by atoms with E-state index in [2.05, 4.69) is 5.32 Å². The number of methoxy groups -OCH3 is 3. The summed E-state index contributed by atoms with van der Waals surface area (Å²) in [6.07, 6.45) is -11.6. The molecule has 292 valence electrons. The molecule has 0 bridgehead atoms. The predicted octanol–water partition coefficient (Wildman–Crippen LogP) is 8.55. The third-order valence-corrected chi connectivity index (χ3v) is 6.99. The summed E-state index contributed by atoms with van der Waals surface area (Å²) in [5.74, 6) is -57.7. The standard InChI is InChI=1S/C27H30F17NO5/c1-13(2)9-16(19(46)49-5)45-12-15-17(47-3)10-14(11-18(15)48-4)50-8-6-7-20(28,29)21(30,31)22(32,33)23(34,35)24(36,37)25(38,39)26(40,41)27(42,43)44/h10-11,13,16,45H,6-9,12H2,1-5H3. The number of benzene rings is 1. The van der Waals surface area contributed by atoms with Gasteiger partial charge in [-0.2, -0.15) is 74.6 Å². The summed E-state index contributed by atoms with van der Waals surface area (Å²) in [5.41, 5.74) is 0.240. The molecule has 0 fully saturated rings. The van der Waals surface area contributed by atoms with Crippen molar-refractivity contribution in [1.29, 1.82) is 0 Å². The molecular weight excluding hydrogens is 741 g/mol. The van der Waals surface area contributed by atoms with Crippen LogP contribution in [0.15, 0.2) is 12.1 Å². The van der Waals surface area contributed by atoms with Crippen LogP contribution in [0, 0.1) is 5.92 Å². The molecule has 0 aliphatic carbocycles. The second-order valence-electron chi connectivity index (χ2n) is 11.0. The van der Waals surface area contributed by atoms with Crippen molar-refractivity contribution in [1.82, 2.24) is 5.32 Å². The fourth-order valence-corrected chi connectivity index (χ4v) is 4.16. The maximum atomic E-state index is 14.2. The van der Waals surface area contributed by atoms with Crippen LogP contribution in [-0.4, -0.2) is 87.6 Å². The van der Waals surface area contributed by atoms with Crippen LogP contribution in [0.3, 0.4) is 0 Å². The van der Waals surface area contributed by atoms with Crippen molar-refractivity contribution in [3.8, 4) is 17.2 Å². The Morgan fingerprint density at radius 2 is 1.10 bits per heavy atom. The Balaban J connectivity index is 3.22. The minimum Gasteiger partial charge on any atom is -0.496 e. The van der Waals surface area contributed by atoms with Gasteiger partial charge < -0.3 is 18.9 Å². The molecule has 1 atom stereocenters. The van der Waals surface area contributed by atoms with E-state index < -0.39 is 79.1 Å². The number of carbonyl (C=O) groups is 1. The van der Waals surface area contributed by atoms with E-state index in [1.807, 2.05) is 13.8 Å². The fourth-order valence-electron chi connectivity index (χ4n) is 4.16. The number of esters is 1. The Kier molecular flexibility index (Phi) is 13.7. The van der Waals surface area contributed by atoms with Crippen molar-refractivity contribution in [2.24, 2.45) is 5.92 Å². The normalized spacial score (nSPS) is 14.9. The third kappa shape index (κ3) is 8.16. The smallest absolute Gasteiger partial charge is 0.460 e. The van der Waals surface area contributed by atoms with Gasteiger partial charge in [-0.1, -0.05) is 13.8 Å². The maximum Gasteiger partial charge on any atom is 0.460 e. The zero-order valence-corrected chi connectivity index (χ0v) is 26.3. The van der Waals surface area contributed by atoms with E-state index in [1.54, 1.807) is 0 Å². The van der Waals surface area contributed by atoms with Gasteiger partial charge in [-0.05, 0) is 18.8 Å². The van der Waals surface area contributed by atoms with Crippen LogP contribution >= 0.6 is 0 Å². The van der Waals surface area contributed by atoms with Gasteiger partial charge in [0.15, 0.2) is 0 Å². The van der Waals surface area contributed by atoms with Crippen LogP contribution in [0.2, 0.25) is 0 Å². The third-order valence-electron chi connectivity index (χ3n) is 6.99. The topological polar surface area (TPSA) is 66.0 Å². The fraction of sp³-hybridized carbons (Fsp3) is 0.741. The molecule has 0 amide bonds. The van der Waals surface area contributed by atoms with Crippen molar-refractivity contribution in [2.45, 2.75) is 93.3 Å². The molecule has 50 heavy (non-hydrogen) atoms. The molecule has 1 rings (SSSR count). The number of halogens is 17. The molecule has 1 aromatic rings. The Labute approximate surface area is 272 Å². The molecule has 1 aromatic carbocycles. The number of rotatable bonds is 19. The van der Waals surface area contributed by atoms with E-state index in [1.165, 1.54) is 0 Å². The van der Waals surface area contributed by atoms with Crippen LogP contribution in [-0.2, 0) is 16.1 Å². The van der Waals surface area contributed by atoms with Gasteiger partial charge in [0.2, 0.25) is 0 Å². The molecule has 1 N–H and O–H groups in total. The van der Waals surface area contributed by atoms with Crippen molar-refractivity contribution < 1.29 is 98.4 Å². The monoisotopic (exact) mass is 771 g/mol. The molecule has 1 unspecified atom stereocenters. The predicted molar refractivity (Wildman–Crippen MR) is 137 cm³/mol. The first kappa shape index (κ1) is 44.9. The highest BCUT2D eigenvalue weighted by Crippen LogP contribution is 2.64. The minimum atomic E-state index is -8.68. The van der Waals surface area contributed by atoms with Crippen LogP contribution in [0.5, 0.6) is 17.2 Å². The second-order valence-corrected chi connectivity index (χ2v) is 11.0. The molecule has 0 spiro atoms. The summed E-state index contributed by atoms with van der Waals surface area (Å²) in [5, 5.41) is 2.90. The summed E-state index contributed by atoms with van der Waals surface area (Å²) in [6, 6.07) is 1.33. The van der Waals surface area contributed by atoms with Gasteiger partial charge in [0.25, 0.3) is 0 Å². The second kappa shape index (κ2) is 15.2. The molecule has 6 nitrogen and oxygen atoms in total. The van der Waals surface area contributed by atoms with E-state index in [-0.39, 0.29) is 35.3 Å². The summed E-state index contributed by atoms with van der Waals surface area (Å²) in [4.78, 5) is 12.1. The summed E-state index contributed by atoms with van der Waals surface area (Å²) in [6.45, 7) is 2.37. The van der Waals surface area contributed by atoms with E-state index in [4.69, 9.17) is 18.9 Å². The number of hydrogen-bond donors (Lipinski definition) is 1. The molecule has 0 aliphatic heterocycles. The summed E-state index contributed by atoms with van der Waals surface area (Å²) in [7, 11) is 3.42. The van der Waals surface area contributed by atoms with Crippen molar-refractivity contribution in [2.75, 3.05) is 27.9 Å². The zero-order valence-electron chi connectivity index (χ0n) is 26.3. The SMILES string of the molecule is COC(=O)C(CC(C)C)NCc1c(OC)cc(OCCCC(F)(F)C(F)(F)C(F)(F)C(F)(F)C(F)(F)C(F)(F)C(F)(F)C(F)(F)F)cc1OC. The molecular formula is C27H30F17NO5. The highest BCUT2D eigenvalue weighted by atomic mass is 19.4. The number of nitrogens with one attached hydrogen (secondary N) is 1. The van der Waals surface area contributed by atoms with Crippen molar-refractivity contribution in [3.05, 3.63) is 17.7 Å². The lowest BCUT2D eigenvalue weighted by Gasteiger charge is -2.42. The Bertz CT molecular complexity index is 1280. The molecule has 0 heterocycles. The van der Waals surface area contributed by atoms with Gasteiger partial charge >= 0.3 is 53.6 Å². The highest BCUT2D eigenvalue weighted by Gasteiger charge is 2.95. The summed E-state index contributed by atoms with van der Waals surface area (Å²) >= 11 is 0. The van der Waals surface area contributed by atoms with E-state index >= 15 is 0 Å². The highest BCUT2D eigenvalue weighted by molar-refractivity contribution is 5.75. The Hall–Kier alpha value is -3.14. The number of ether oxygens (including phenoxy) is 4. The van der Waals surface area contributed by atoms with Gasteiger partial charge in [-0.25, -0.2) is 0 Å². The number of carbonyl (C=O) groups excluding carboxylic acids is 1. The minimum absolute atomic E-state index is 0.0307. The van der Waals surface area contributed by atoms with Gasteiger partial charge in [0.1, 0.15) is 23.3 Å². The largest absolute Gasteiger partial charge is 0.496 e. The molecule has 23 heteroatoms. The lowest BCUT2D eigenvalue weighted by Crippen LogP contribution is -2.74. The first-order valence-electron chi connectivity index (χ1n) is 13.8. The quantitative estimate of drug-likeness (QED) is 0.0865. The van der Waals surface area contributed by atoms with E-state index in [0.29, 0.717) is 6.42 Å². The van der Waals surface area contributed by atoms with Crippen molar-refractivity contribution in [3.63, 3.8) is 0 Å². The first-order valence-corrected chi connectivity index (χ1v) is 13.8. The van der Waals surface area contributed by atoms with Gasteiger partial charge in [0, 0.05) is 25.1 Å². The molecule has 0 saturated heterocycles. The average Bonchev–Trinajstić information content (AvgIpc) is 2.99. The van der Waals surface area contributed by atoms with Crippen LogP contribution in [0.25, 0.3) is 0 Å².